The molecule has 19 heavy (non-hydrogen) atoms. The SMILES string of the molecule is CCCN(C(C)C)S(=O)(=O)N1CCC(C(=O)O)CC1. The Hall–Kier alpha value is -0.660. The standard InChI is InChI=1S/C12H24N2O4S/c1-4-7-14(10(2)3)19(17,18)13-8-5-11(6-9-13)12(15)16/h10-11H,4-9H2,1-3H3,(H,15,16). The second-order valence-corrected chi connectivity index (χ2v) is 7.10. The molecule has 0 unspecified atom stereocenters. The molecule has 0 aliphatic carbocycles. The number of carboxylic acid groups (broad SMARTS) is 1. The van der Waals surface area contributed by atoms with Gasteiger partial charge in [-0.25, -0.2) is 0 Å². The molecule has 1 aliphatic heterocycles. The maximum Gasteiger partial charge on any atom is 0.306 e. The van der Waals surface area contributed by atoms with Gasteiger partial charge in [-0.05, 0) is 33.1 Å². The highest BCUT2D eigenvalue weighted by atomic mass is 32.2. The van der Waals surface area contributed by atoms with E-state index in [1.807, 2.05) is 20.8 Å². The van der Waals surface area contributed by atoms with Crippen LogP contribution in [-0.2, 0) is 15.0 Å². The van der Waals surface area contributed by atoms with Crippen molar-refractivity contribution >= 4 is 16.2 Å². The van der Waals surface area contributed by atoms with Crippen molar-refractivity contribution in [2.45, 2.75) is 46.1 Å². The van der Waals surface area contributed by atoms with E-state index in [0.717, 1.165) is 6.42 Å². The molecule has 1 N–H and O–H groups in total. The summed E-state index contributed by atoms with van der Waals surface area (Å²) in [4.78, 5) is 10.9. The molecule has 0 bridgehead atoms. The third kappa shape index (κ3) is 3.90. The van der Waals surface area contributed by atoms with E-state index in [2.05, 4.69) is 0 Å². The zero-order valence-corrected chi connectivity index (χ0v) is 12.7. The predicted molar refractivity (Wildman–Crippen MR) is 73.0 cm³/mol. The first kappa shape index (κ1) is 16.4. The highest BCUT2D eigenvalue weighted by Crippen LogP contribution is 2.22. The maximum absolute atomic E-state index is 12.5. The largest absolute Gasteiger partial charge is 0.481 e. The lowest BCUT2D eigenvalue weighted by Gasteiger charge is -2.35. The lowest BCUT2D eigenvalue weighted by atomic mass is 9.99. The van der Waals surface area contributed by atoms with Crippen LogP contribution in [0.2, 0.25) is 0 Å². The van der Waals surface area contributed by atoms with E-state index in [9.17, 15) is 13.2 Å². The van der Waals surface area contributed by atoms with Crippen LogP contribution in [0, 0.1) is 5.92 Å². The number of hydrogen-bond donors (Lipinski definition) is 1. The van der Waals surface area contributed by atoms with Gasteiger partial charge in [-0.1, -0.05) is 6.92 Å². The fourth-order valence-corrected chi connectivity index (χ4v) is 4.26. The minimum Gasteiger partial charge on any atom is -0.481 e. The molecular formula is C12H24N2O4S. The van der Waals surface area contributed by atoms with Crippen molar-refractivity contribution in [3.63, 3.8) is 0 Å². The topological polar surface area (TPSA) is 77.9 Å². The van der Waals surface area contributed by atoms with Crippen molar-refractivity contribution in [1.29, 1.82) is 0 Å². The second kappa shape index (κ2) is 6.67. The van der Waals surface area contributed by atoms with Gasteiger partial charge in [0.15, 0.2) is 0 Å². The van der Waals surface area contributed by atoms with Crippen LogP contribution in [0.1, 0.15) is 40.0 Å². The smallest absolute Gasteiger partial charge is 0.306 e. The summed E-state index contributed by atoms with van der Waals surface area (Å²) < 4.78 is 27.9. The van der Waals surface area contributed by atoms with Crippen LogP contribution >= 0.6 is 0 Å². The Morgan fingerprint density at radius 2 is 1.89 bits per heavy atom. The Morgan fingerprint density at radius 1 is 1.37 bits per heavy atom. The van der Waals surface area contributed by atoms with E-state index in [4.69, 9.17) is 5.11 Å². The number of piperidine rings is 1. The second-order valence-electron chi connectivity index (χ2n) is 5.22. The Bertz CT molecular complexity index is 400. The van der Waals surface area contributed by atoms with Crippen molar-refractivity contribution < 1.29 is 18.3 Å². The van der Waals surface area contributed by atoms with Gasteiger partial charge in [0.25, 0.3) is 10.2 Å². The Morgan fingerprint density at radius 3 is 2.26 bits per heavy atom. The Labute approximate surface area is 115 Å². The summed E-state index contributed by atoms with van der Waals surface area (Å²) in [5.74, 6) is -1.24. The number of carbonyl (C=O) groups is 1. The molecule has 0 spiro atoms. The molecule has 7 heteroatoms. The fraction of sp³-hybridized carbons (Fsp3) is 0.917. The van der Waals surface area contributed by atoms with Crippen LogP contribution in [0.25, 0.3) is 0 Å². The molecule has 0 aromatic rings. The van der Waals surface area contributed by atoms with Gasteiger partial charge in [0.05, 0.1) is 5.92 Å². The quantitative estimate of drug-likeness (QED) is 0.796. The number of nitrogens with zero attached hydrogens (tertiary/aromatic N) is 2. The van der Waals surface area contributed by atoms with Gasteiger partial charge in [0.2, 0.25) is 0 Å². The van der Waals surface area contributed by atoms with Crippen LogP contribution in [0.15, 0.2) is 0 Å². The number of rotatable bonds is 6. The Kier molecular flexibility index (Phi) is 5.76. The van der Waals surface area contributed by atoms with E-state index in [1.165, 1.54) is 8.61 Å². The molecule has 1 aliphatic rings. The van der Waals surface area contributed by atoms with Crippen LogP contribution in [0.3, 0.4) is 0 Å². The average molecular weight is 292 g/mol. The third-order valence-electron chi connectivity index (χ3n) is 3.45. The fourth-order valence-electron chi connectivity index (χ4n) is 2.34. The summed E-state index contributed by atoms with van der Waals surface area (Å²) in [5.41, 5.74) is 0. The van der Waals surface area contributed by atoms with Crippen molar-refractivity contribution in [2.24, 2.45) is 5.92 Å². The average Bonchev–Trinajstić information content (AvgIpc) is 2.35. The first-order valence-corrected chi connectivity index (χ1v) is 8.20. The summed E-state index contributed by atoms with van der Waals surface area (Å²) in [6, 6.07) is -0.0813. The van der Waals surface area contributed by atoms with E-state index in [-0.39, 0.29) is 6.04 Å². The van der Waals surface area contributed by atoms with E-state index < -0.39 is 22.1 Å². The monoisotopic (exact) mass is 292 g/mol. The van der Waals surface area contributed by atoms with Crippen molar-refractivity contribution in [3.8, 4) is 0 Å². The van der Waals surface area contributed by atoms with E-state index >= 15 is 0 Å². The predicted octanol–water partition coefficient (Wildman–Crippen LogP) is 1.15. The molecule has 6 nitrogen and oxygen atoms in total. The number of hydrogen-bond acceptors (Lipinski definition) is 3. The minimum atomic E-state index is -3.46. The number of carboxylic acids is 1. The van der Waals surface area contributed by atoms with Gasteiger partial charge in [0, 0.05) is 25.7 Å². The van der Waals surface area contributed by atoms with Crippen molar-refractivity contribution in [3.05, 3.63) is 0 Å². The Balaban J connectivity index is 2.76. The van der Waals surface area contributed by atoms with E-state index in [1.54, 1.807) is 0 Å². The molecule has 112 valence electrons. The lowest BCUT2D eigenvalue weighted by molar-refractivity contribution is -0.142. The molecule has 0 atom stereocenters. The van der Waals surface area contributed by atoms with Crippen molar-refractivity contribution in [2.75, 3.05) is 19.6 Å². The molecule has 1 rings (SSSR count). The van der Waals surface area contributed by atoms with Gasteiger partial charge >= 0.3 is 5.97 Å². The van der Waals surface area contributed by atoms with Crippen LogP contribution in [-0.4, -0.2) is 53.8 Å². The molecule has 0 aromatic heterocycles. The first-order valence-electron chi connectivity index (χ1n) is 6.80. The summed E-state index contributed by atoms with van der Waals surface area (Å²) in [7, 11) is -3.46. The summed E-state index contributed by atoms with van der Waals surface area (Å²) in [5, 5.41) is 8.93. The molecule has 0 radical (unpaired) electrons. The van der Waals surface area contributed by atoms with Gasteiger partial charge in [-0.3, -0.25) is 4.79 Å². The highest BCUT2D eigenvalue weighted by molar-refractivity contribution is 7.86. The molecule has 0 aromatic carbocycles. The van der Waals surface area contributed by atoms with E-state index in [0.29, 0.717) is 32.5 Å². The zero-order chi connectivity index (χ0) is 14.6. The summed E-state index contributed by atoms with van der Waals surface area (Å²) in [6.07, 6.45) is 1.56. The van der Waals surface area contributed by atoms with Crippen LogP contribution < -0.4 is 0 Å². The summed E-state index contributed by atoms with van der Waals surface area (Å²) in [6.45, 7) is 6.76. The molecule has 1 heterocycles. The molecular weight excluding hydrogens is 268 g/mol. The van der Waals surface area contributed by atoms with Gasteiger partial charge in [-0.15, -0.1) is 0 Å². The lowest BCUT2D eigenvalue weighted by Crippen LogP contribution is -2.50. The van der Waals surface area contributed by atoms with Gasteiger partial charge in [0.1, 0.15) is 0 Å². The molecule has 1 fully saturated rings. The molecule has 0 amide bonds. The molecule has 1 saturated heterocycles. The maximum atomic E-state index is 12.5. The molecule has 0 saturated carbocycles. The summed E-state index contributed by atoms with van der Waals surface area (Å²) >= 11 is 0. The number of aliphatic carboxylic acids is 1. The first-order chi connectivity index (χ1) is 8.80. The van der Waals surface area contributed by atoms with Gasteiger partial charge in [-0.2, -0.15) is 17.0 Å². The van der Waals surface area contributed by atoms with Crippen molar-refractivity contribution in [1.82, 2.24) is 8.61 Å². The van der Waals surface area contributed by atoms with Gasteiger partial charge < -0.3 is 5.11 Å². The minimum absolute atomic E-state index is 0.0813. The normalized spacial score (nSPS) is 19.2. The highest BCUT2D eigenvalue weighted by Gasteiger charge is 2.35. The van der Waals surface area contributed by atoms with Crippen LogP contribution in [0.4, 0.5) is 0 Å². The third-order valence-corrected chi connectivity index (χ3v) is 5.66. The van der Waals surface area contributed by atoms with Crippen LogP contribution in [0.5, 0.6) is 0 Å². The zero-order valence-electron chi connectivity index (χ0n) is 11.9.